The van der Waals surface area contributed by atoms with Gasteiger partial charge < -0.3 is 5.11 Å². The van der Waals surface area contributed by atoms with Gasteiger partial charge in [0.1, 0.15) is 6.23 Å². The SMILES string of the molecule is Cl.O=C(CN1CCC(CN2Cc3ccccc3C2O)CC1)c1cccs1. The Morgan fingerprint density at radius 1 is 1.15 bits per heavy atom. The number of piperidine rings is 1. The van der Waals surface area contributed by atoms with Crippen molar-refractivity contribution in [2.45, 2.75) is 25.6 Å². The van der Waals surface area contributed by atoms with Crippen LogP contribution < -0.4 is 0 Å². The van der Waals surface area contributed by atoms with Gasteiger partial charge in [0.2, 0.25) is 0 Å². The number of ketones is 1. The summed E-state index contributed by atoms with van der Waals surface area (Å²) in [5.41, 5.74) is 2.30. The summed E-state index contributed by atoms with van der Waals surface area (Å²) in [4.78, 5) is 17.5. The molecule has 1 unspecified atom stereocenters. The van der Waals surface area contributed by atoms with E-state index in [-0.39, 0.29) is 18.2 Å². The van der Waals surface area contributed by atoms with Crippen LogP contribution in [0.25, 0.3) is 0 Å². The van der Waals surface area contributed by atoms with E-state index >= 15 is 0 Å². The number of benzene rings is 1. The molecule has 6 heteroatoms. The van der Waals surface area contributed by atoms with Gasteiger partial charge in [0.05, 0.1) is 11.4 Å². The molecule has 0 bridgehead atoms. The first kappa shape index (κ1) is 19.5. The number of aliphatic hydroxyl groups is 1. The molecule has 0 amide bonds. The van der Waals surface area contributed by atoms with Gasteiger partial charge in [0.25, 0.3) is 0 Å². The third-order valence-corrected chi connectivity index (χ3v) is 6.33. The van der Waals surface area contributed by atoms with Crippen molar-refractivity contribution in [3.05, 3.63) is 57.8 Å². The molecule has 140 valence electrons. The molecule has 1 atom stereocenters. The van der Waals surface area contributed by atoms with Crippen molar-refractivity contribution in [3.63, 3.8) is 0 Å². The van der Waals surface area contributed by atoms with E-state index in [4.69, 9.17) is 0 Å². The van der Waals surface area contributed by atoms with Crippen molar-refractivity contribution >= 4 is 29.5 Å². The Hall–Kier alpha value is -1.24. The lowest BCUT2D eigenvalue weighted by molar-refractivity contribution is -0.00352. The molecule has 26 heavy (non-hydrogen) atoms. The second-order valence-corrected chi connectivity index (χ2v) is 8.07. The van der Waals surface area contributed by atoms with Crippen molar-refractivity contribution in [2.24, 2.45) is 5.92 Å². The minimum atomic E-state index is -0.463. The zero-order chi connectivity index (χ0) is 17.2. The molecule has 0 radical (unpaired) electrons. The quantitative estimate of drug-likeness (QED) is 0.790. The van der Waals surface area contributed by atoms with E-state index in [0.29, 0.717) is 12.5 Å². The van der Waals surface area contributed by atoms with Gasteiger partial charge >= 0.3 is 0 Å². The van der Waals surface area contributed by atoms with E-state index < -0.39 is 6.23 Å². The van der Waals surface area contributed by atoms with E-state index in [2.05, 4.69) is 15.9 Å². The smallest absolute Gasteiger partial charge is 0.186 e. The summed E-state index contributed by atoms with van der Waals surface area (Å²) < 4.78 is 0. The zero-order valence-electron chi connectivity index (χ0n) is 14.7. The highest BCUT2D eigenvalue weighted by molar-refractivity contribution is 7.12. The maximum atomic E-state index is 12.2. The fraction of sp³-hybridized carbons (Fsp3) is 0.450. The summed E-state index contributed by atoms with van der Waals surface area (Å²) in [5.74, 6) is 0.830. The predicted octanol–water partition coefficient (Wildman–Crippen LogP) is 3.57. The molecule has 2 aliphatic rings. The topological polar surface area (TPSA) is 43.8 Å². The summed E-state index contributed by atoms with van der Waals surface area (Å²) in [7, 11) is 0. The van der Waals surface area contributed by atoms with E-state index in [0.717, 1.165) is 49.5 Å². The van der Waals surface area contributed by atoms with Crippen LogP contribution in [0.1, 0.15) is 39.9 Å². The molecular formula is C20H25ClN2O2S. The van der Waals surface area contributed by atoms with Crippen molar-refractivity contribution in [1.82, 2.24) is 9.80 Å². The number of likely N-dealkylation sites (tertiary alicyclic amines) is 1. The Balaban J connectivity index is 0.00000196. The molecule has 0 saturated carbocycles. The first-order valence-electron chi connectivity index (χ1n) is 8.99. The fourth-order valence-electron chi connectivity index (χ4n) is 3.97. The van der Waals surface area contributed by atoms with Gasteiger partial charge in [-0.1, -0.05) is 30.3 Å². The highest BCUT2D eigenvalue weighted by Gasteiger charge is 2.31. The largest absolute Gasteiger partial charge is 0.374 e. The van der Waals surface area contributed by atoms with Crippen LogP contribution in [0.3, 0.4) is 0 Å². The Bertz CT molecular complexity index is 729. The van der Waals surface area contributed by atoms with Gasteiger partial charge in [-0.05, 0) is 54.4 Å². The molecule has 1 fully saturated rings. The standard InChI is InChI=1S/C20H24N2O2S.ClH/c23-18(19-6-3-11-25-19)14-21-9-7-15(8-10-21)12-22-13-16-4-1-2-5-17(16)20(22)24;/h1-6,11,15,20,24H,7-10,12-14H2;1H. The van der Waals surface area contributed by atoms with E-state index in [1.54, 1.807) is 0 Å². The van der Waals surface area contributed by atoms with Gasteiger partial charge in [0.15, 0.2) is 5.78 Å². The van der Waals surface area contributed by atoms with Crippen molar-refractivity contribution in [1.29, 1.82) is 0 Å². The second-order valence-electron chi connectivity index (χ2n) is 7.12. The normalized spacial score (nSPS) is 21.3. The molecular weight excluding hydrogens is 368 g/mol. The Morgan fingerprint density at radius 3 is 2.62 bits per heavy atom. The fourth-order valence-corrected chi connectivity index (χ4v) is 4.63. The van der Waals surface area contributed by atoms with Crippen LogP contribution in [0.2, 0.25) is 0 Å². The molecule has 1 aromatic heterocycles. The van der Waals surface area contributed by atoms with Crippen LogP contribution in [0.15, 0.2) is 41.8 Å². The molecule has 1 N–H and O–H groups in total. The zero-order valence-corrected chi connectivity index (χ0v) is 16.3. The number of thiophene rings is 1. The maximum absolute atomic E-state index is 12.2. The lowest BCUT2D eigenvalue weighted by Crippen LogP contribution is -2.40. The lowest BCUT2D eigenvalue weighted by Gasteiger charge is -2.34. The number of rotatable bonds is 5. The number of carbonyl (C=O) groups is 1. The number of carbonyl (C=O) groups excluding carboxylic acids is 1. The number of hydrogen-bond donors (Lipinski definition) is 1. The monoisotopic (exact) mass is 392 g/mol. The third kappa shape index (κ3) is 4.18. The van der Waals surface area contributed by atoms with Gasteiger partial charge in [-0.25, -0.2) is 0 Å². The minimum Gasteiger partial charge on any atom is -0.374 e. The van der Waals surface area contributed by atoms with Gasteiger partial charge in [0, 0.05) is 13.1 Å². The maximum Gasteiger partial charge on any atom is 0.186 e. The number of halogens is 1. The van der Waals surface area contributed by atoms with Crippen LogP contribution in [0, 0.1) is 5.92 Å². The highest BCUT2D eigenvalue weighted by Crippen LogP contribution is 2.33. The summed E-state index contributed by atoms with van der Waals surface area (Å²) in [5, 5.41) is 12.5. The second kappa shape index (κ2) is 8.63. The Morgan fingerprint density at radius 2 is 1.92 bits per heavy atom. The summed E-state index contributed by atoms with van der Waals surface area (Å²) in [6.07, 6.45) is 1.73. The molecule has 4 nitrogen and oxygen atoms in total. The number of fused-ring (bicyclic) bond motifs is 1. The van der Waals surface area contributed by atoms with Gasteiger partial charge in [-0.15, -0.1) is 23.7 Å². The Kier molecular flexibility index (Phi) is 6.48. The number of nitrogens with zero attached hydrogens (tertiary/aromatic N) is 2. The van der Waals surface area contributed by atoms with Crippen molar-refractivity contribution in [2.75, 3.05) is 26.2 Å². The van der Waals surface area contributed by atoms with E-state index in [1.807, 2.05) is 35.7 Å². The molecule has 3 heterocycles. The average Bonchev–Trinajstić information content (AvgIpc) is 3.26. The van der Waals surface area contributed by atoms with E-state index in [1.165, 1.54) is 16.9 Å². The lowest BCUT2D eigenvalue weighted by atomic mass is 9.96. The van der Waals surface area contributed by atoms with Gasteiger partial charge in [-0.2, -0.15) is 0 Å². The van der Waals surface area contributed by atoms with Crippen molar-refractivity contribution in [3.8, 4) is 0 Å². The predicted molar refractivity (Wildman–Crippen MR) is 107 cm³/mol. The first-order valence-corrected chi connectivity index (χ1v) is 9.87. The van der Waals surface area contributed by atoms with Crippen LogP contribution in [0.5, 0.6) is 0 Å². The number of hydrogen-bond acceptors (Lipinski definition) is 5. The van der Waals surface area contributed by atoms with Crippen LogP contribution in [0.4, 0.5) is 0 Å². The first-order chi connectivity index (χ1) is 12.2. The Labute approximate surface area is 164 Å². The number of aliphatic hydroxyl groups excluding tert-OH is 1. The van der Waals surface area contributed by atoms with Crippen LogP contribution in [-0.4, -0.2) is 46.9 Å². The van der Waals surface area contributed by atoms with Gasteiger partial charge in [-0.3, -0.25) is 14.6 Å². The van der Waals surface area contributed by atoms with Crippen LogP contribution in [-0.2, 0) is 6.54 Å². The average molecular weight is 393 g/mol. The summed E-state index contributed by atoms with van der Waals surface area (Å²) in [6.45, 7) is 4.25. The molecule has 4 rings (SSSR count). The van der Waals surface area contributed by atoms with E-state index in [9.17, 15) is 9.90 Å². The van der Waals surface area contributed by atoms with Crippen molar-refractivity contribution < 1.29 is 9.90 Å². The van der Waals surface area contributed by atoms with Crippen LogP contribution >= 0.6 is 23.7 Å². The number of Topliss-reactive ketones (excluding diaryl/α,β-unsaturated/α-hetero) is 1. The molecule has 0 spiro atoms. The highest BCUT2D eigenvalue weighted by atomic mass is 35.5. The molecule has 1 saturated heterocycles. The molecule has 2 aliphatic heterocycles. The summed E-state index contributed by atoms with van der Waals surface area (Å²) >= 11 is 1.53. The molecule has 2 aromatic rings. The minimum absolute atomic E-state index is 0. The third-order valence-electron chi connectivity index (χ3n) is 5.42. The molecule has 0 aliphatic carbocycles. The summed E-state index contributed by atoms with van der Waals surface area (Å²) in [6, 6.07) is 12.0. The molecule has 1 aromatic carbocycles.